The maximum atomic E-state index is 12.8. The maximum Gasteiger partial charge on any atom is 0.416 e. The van der Waals surface area contributed by atoms with Crippen molar-refractivity contribution in [3.63, 3.8) is 0 Å². The summed E-state index contributed by atoms with van der Waals surface area (Å²) in [5, 5.41) is 3.48. The molecule has 3 atom stereocenters. The molecule has 2 aromatic carbocycles. The van der Waals surface area contributed by atoms with Gasteiger partial charge in [0.1, 0.15) is 0 Å². The molecule has 1 N–H and O–H groups in total. The summed E-state index contributed by atoms with van der Waals surface area (Å²) in [7, 11) is 0. The zero-order chi connectivity index (χ0) is 23.9. The molecule has 2 aromatic rings. The lowest BCUT2D eigenvalue weighted by Crippen LogP contribution is -2.52. The molecular formula is C29H36F3N. The van der Waals surface area contributed by atoms with E-state index in [1.807, 2.05) is 12.3 Å². The Balaban J connectivity index is 1.46. The van der Waals surface area contributed by atoms with Crippen molar-refractivity contribution in [1.29, 1.82) is 0 Å². The van der Waals surface area contributed by atoms with Gasteiger partial charge in [-0.25, -0.2) is 0 Å². The molecule has 178 valence electrons. The predicted octanol–water partition coefficient (Wildman–Crippen LogP) is 8.10. The van der Waals surface area contributed by atoms with Gasteiger partial charge in [0.2, 0.25) is 0 Å². The summed E-state index contributed by atoms with van der Waals surface area (Å²) in [6.07, 6.45) is 5.48. The number of hydrogen-bond donors (Lipinski definition) is 1. The minimum Gasteiger partial charge on any atom is -0.390 e. The van der Waals surface area contributed by atoms with Crippen LogP contribution in [0.3, 0.4) is 0 Å². The predicted molar refractivity (Wildman–Crippen MR) is 130 cm³/mol. The van der Waals surface area contributed by atoms with Crippen molar-refractivity contribution in [1.82, 2.24) is 5.32 Å². The fourth-order valence-corrected chi connectivity index (χ4v) is 6.45. The van der Waals surface area contributed by atoms with Crippen LogP contribution in [0, 0.1) is 11.3 Å². The zero-order valence-corrected chi connectivity index (χ0v) is 20.2. The third-order valence-corrected chi connectivity index (χ3v) is 8.31. The summed E-state index contributed by atoms with van der Waals surface area (Å²) in [5.74, 6) is 1.17. The molecule has 0 aromatic heterocycles. The van der Waals surface area contributed by atoms with E-state index in [1.165, 1.54) is 43.4 Å². The number of benzene rings is 2. The molecule has 4 heteroatoms. The molecule has 0 spiro atoms. The van der Waals surface area contributed by atoms with E-state index in [0.29, 0.717) is 11.8 Å². The van der Waals surface area contributed by atoms with Crippen molar-refractivity contribution in [3.05, 3.63) is 76.5 Å². The van der Waals surface area contributed by atoms with Crippen LogP contribution in [-0.2, 0) is 18.0 Å². The van der Waals surface area contributed by atoms with E-state index in [9.17, 15) is 13.2 Å². The van der Waals surface area contributed by atoms with E-state index in [4.69, 9.17) is 0 Å². The van der Waals surface area contributed by atoms with Gasteiger partial charge in [-0.3, -0.25) is 0 Å². The second-order valence-corrected chi connectivity index (χ2v) is 10.9. The molecular weight excluding hydrogens is 419 g/mol. The summed E-state index contributed by atoms with van der Waals surface area (Å²) in [6, 6.07) is 12.5. The summed E-state index contributed by atoms with van der Waals surface area (Å²) < 4.78 is 38.3. The first-order chi connectivity index (χ1) is 15.5. The summed E-state index contributed by atoms with van der Waals surface area (Å²) in [6.45, 7) is 10.3. The Kier molecular flexibility index (Phi) is 6.41. The third-order valence-electron chi connectivity index (χ3n) is 8.31. The second kappa shape index (κ2) is 8.85. The van der Waals surface area contributed by atoms with Gasteiger partial charge in [0, 0.05) is 6.54 Å². The lowest BCUT2D eigenvalue weighted by atomic mass is 9.49. The molecule has 0 bridgehead atoms. The van der Waals surface area contributed by atoms with Crippen molar-refractivity contribution >= 4 is 6.08 Å². The van der Waals surface area contributed by atoms with Crippen LogP contribution in [0.15, 0.2) is 48.7 Å². The summed E-state index contributed by atoms with van der Waals surface area (Å²) in [4.78, 5) is 0. The second-order valence-electron chi connectivity index (χ2n) is 10.9. The molecule has 0 amide bonds. The van der Waals surface area contributed by atoms with E-state index < -0.39 is 11.7 Å². The lowest BCUT2D eigenvalue weighted by Gasteiger charge is -2.55. The van der Waals surface area contributed by atoms with Gasteiger partial charge in [-0.05, 0) is 95.0 Å². The molecule has 4 rings (SSSR count). The van der Waals surface area contributed by atoms with Gasteiger partial charge < -0.3 is 5.32 Å². The number of alkyl halides is 3. The van der Waals surface area contributed by atoms with Crippen LogP contribution in [-0.4, -0.2) is 6.54 Å². The van der Waals surface area contributed by atoms with Gasteiger partial charge >= 0.3 is 6.18 Å². The quantitative estimate of drug-likeness (QED) is 0.480. The number of aryl methyl sites for hydroxylation is 1. The van der Waals surface area contributed by atoms with Gasteiger partial charge in [-0.15, -0.1) is 0 Å². The fourth-order valence-electron chi connectivity index (χ4n) is 6.45. The average molecular weight is 456 g/mol. The Morgan fingerprint density at radius 3 is 2.45 bits per heavy atom. The molecule has 0 saturated heterocycles. The third kappa shape index (κ3) is 4.72. The van der Waals surface area contributed by atoms with E-state index >= 15 is 0 Å². The highest BCUT2D eigenvalue weighted by atomic mass is 19.4. The molecule has 1 fully saturated rings. The Bertz CT molecular complexity index is 1000. The largest absolute Gasteiger partial charge is 0.416 e. The van der Waals surface area contributed by atoms with Gasteiger partial charge in [0.25, 0.3) is 0 Å². The first-order valence-corrected chi connectivity index (χ1v) is 12.2. The summed E-state index contributed by atoms with van der Waals surface area (Å²) in [5.41, 5.74) is 5.07. The van der Waals surface area contributed by atoms with Crippen LogP contribution in [0.5, 0.6) is 0 Å². The van der Waals surface area contributed by atoms with Gasteiger partial charge in [-0.1, -0.05) is 64.4 Å². The Morgan fingerprint density at radius 2 is 1.79 bits per heavy atom. The monoisotopic (exact) mass is 455 g/mol. The minimum atomic E-state index is -4.29. The van der Waals surface area contributed by atoms with Crippen LogP contribution in [0.25, 0.3) is 6.08 Å². The number of fused-ring (bicyclic) bond motifs is 3. The molecule has 1 nitrogen and oxygen atoms in total. The minimum absolute atomic E-state index is 0.186. The highest BCUT2D eigenvalue weighted by Gasteiger charge is 2.51. The molecule has 0 heterocycles. The fraction of sp³-hybridized carbons (Fsp3) is 0.517. The number of nitrogens with one attached hydrogen (secondary N) is 1. The van der Waals surface area contributed by atoms with Crippen LogP contribution >= 0.6 is 0 Å². The smallest absolute Gasteiger partial charge is 0.390 e. The maximum absolute atomic E-state index is 12.8. The first-order valence-electron chi connectivity index (χ1n) is 12.2. The Hall–Kier alpha value is -2.23. The van der Waals surface area contributed by atoms with Gasteiger partial charge in [0.05, 0.1) is 5.56 Å². The number of rotatable bonds is 5. The van der Waals surface area contributed by atoms with Gasteiger partial charge in [-0.2, -0.15) is 13.2 Å². The van der Waals surface area contributed by atoms with E-state index in [0.717, 1.165) is 30.7 Å². The van der Waals surface area contributed by atoms with Crippen molar-refractivity contribution in [2.45, 2.75) is 77.3 Å². The van der Waals surface area contributed by atoms with Crippen LogP contribution < -0.4 is 5.32 Å². The van der Waals surface area contributed by atoms with E-state index in [2.05, 4.69) is 51.2 Å². The molecule has 0 aliphatic heterocycles. The SMILES string of the molecule is CC(C)c1ccc2c(c1)CCC1C(C)(CN/C=C/c3ccc(C(F)(F)F)cc3)CCCC21C. The molecule has 2 aliphatic rings. The van der Waals surface area contributed by atoms with Crippen molar-refractivity contribution in [2.75, 3.05) is 6.54 Å². The van der Waals surface area contributed by atoms with Crippen LogP contribution in [0.2, 0.25) is 0 Å². The highest BCUT2D eigenvalue weighted by Crippen LogP contribution is 2.57. The zero-order valence-electron chi connectivity index (χ0n) is 20.2. The highest BCUT2D eigenvalue weighted by molar-refractivity contribution is 5.49. The van der Waals surface area contributed by atoms with E-state index in [-0.39, 0.29) is 10.8 Å². The van der Waals surface area contributed by atoms with Crippen molar-refractivity contribution < 1.29 is 13.2 Å². The molecule has 33 heavy (non-hydrogen) atoms. The molecule has 3 unspecified atom stereocenters. The topological polar surface area (TPSA) is 12.0 Å². The lowest BCUT2D eigenvalue weighted by molar-refractivity contribution is -0.137. The molecule has 1 saturated carbocycles. The van der Waals surface area contributed by atoms with Gasteiger partial charge in [0.15, 0.2) is 0 Å². The normalized spacial score (nSPS) is 27.5. The van der Waals surface area contributed by atoms with Crippen molar-refractivity contribution in [2.24, 2.45) is 11.3 Å². The standard InChI is InChI=1S/C29H36F3N/c1-20(2)22-8-12-25-23(18-22)9-13-26-27(3,15-5-16-28(25,26)4)19-33-17-14-21-6-10-24(11-7-21)29(30,31)32/h6-8,10-12,14,17-18,20,26,33H,5,9,13,15-16,19H2,1-4H3/b17-14+. The number of halogens is 3. The van der Waals surface area contributed by atoms with Crippen LogP contribution in [0.1, 0.15) is 87.1 Å². The number of hydrogen-bond acceptors (Lipinski definition) is 1. The van der Waals surface area contributed by atoms with Crippen LogP contribution in [0.4, 0.5) is 13.2 Å². The van der Waals surface area contributed by atoms with E-state index in [1.54, 1.807) is 11.1 Å². The Labute approximate surface area is 196 Å². The average Bonchev–Trinajstić information content (AvgIpc) is 2.76. The van der Waals surface area contributed by atoms with Crippen molar-refractivity contribution in [3.8, 4) is 0 Å². The molecule has 2 aliphatic carbocycles. The first kappa shape index (κ1) is 23.9. The Morgan fingerprint density at radius 1 is 1.06 bits per heavy atom. The molecule has 0 radical (unpaired) electrons. The summed E-state index contributed by atoms with van der Waals surface area (Å²) >= 11 is 0.